The maximum atomic E-state index is 6.53. The van der Waals surface area contributed by atoms with Crippen molar-refractivity contribution in [3.63, 3.8) is 0 Å². The van der Waals surface area contributed by atoms with Crippen LogP contribution in [0.2, 0.25) is 5.15 Å². The standard InChI is InChI=1S/C15H26ClN3O/c1-4-20-15(8-6-5-7-9-15)13(17)10-12-11(2)18-19(3)14(12)16/h13H,4-10,17H2,1-3H3. The fraction of sp³-hybridized carbons (Fsp3) is 0.800. The van der Waals surface area contributed by atoms with Crippen LogP contribution in [-0.4, -0.2) is 28.0 Å². The van der Waals surface area contributed by atoms with Gasteiger partial charge in [-0.05, 0) is 33.1 Å². The van der Waals surface area contributed by atoms with E-state index in [0.29, 0.717) is 11.8 Å². The molecule has 5 heteroatoms. The van der Waals surface area contributed by atoms with Gasteiger partial charge < -0.3 is 10.5 Å². The van der Waals surface area contributed by atoms with E-state index in [1.165, 1.54) is 19.3 Å². The van der Waals surface area contributed by atoms with E-state index >= 15 is 0 Å². The van der Waals surface area contributed by atoms with Crippen LogP contribution in [-0.2, 0) is 18.2 Å². The Morgan fingerprint density at radius 2 is 2.05 bits per heavy atom. The molecular weight excluding hydrogens is 274 g/mol. The molecule has 0 radical (unpaired) electrons. The molecule has 1 aromatic rings. The predicted molar refractivity (Wildman–Crippen MR) is 82.1 cm³/mol. The zero-order valence-electron chi connectivity index (χ0n) is 12.8. The summed E-state index contributed by atoms with van der Waals surface area (Å²) in [4.78, 5) is 0. The highest BCUT2D eigenvalue weighted by Gasteiger charge is 2.39. The lowest BCUT2D eigenvalue weighted by molar-refractivity contribution is -0.0817. The SMILES string of the molecule is CCOC1(C(N)Cc2c(C)nn(C)c2Cl)CCCCC1. The average Bonchev–Trinajstić information content (AvgIpc) is 2.67. The summed E-state index contributed by atoms with van der Waals surface area (Å²) in [6.07, 6.45) is 6.53. The normalized spacial score (nSPS) is 20.1. The summed E-state index contributed by atoms with van der Waals surface area (Å²) >= 11 is 6.32. The molecule has 4 nitrogen and oxygen atoms in total. The van der Waals surface area contributed by atoms with Gasteiger partial charge in [-0.15, -0.1) is 0 Å². The van der Waals surface area contributed by atoms with Gasteiger partial charge >= 0.3 is 0 Å². The Hall–Kier alpha value is -0.580. The first-order valence-corrected chi connectivity index (χ1v) is 7.95. The first kappa shape index (κ1) is 15.8. The number of hydrogen-bond donors (Lipinski definition) is 1. The number of rotatable bonds is 5. The van der Waals surface area contributed by atoms with Crippen molar-refractivity contribution < 1.29 is 4.74 Å². The Morgan fingerprint density at radius 1 is 1.40 bits per heavy atom. The molecule has 0 amide bonds. The van der Waals surface area contributed by atoms with E-state index in [1.807, 2.05) is 20.9 Å². The van der Waals surface area contributed by atoms with Gasteiger partial charge in [-0.3, -0.25) is 4.68 Å². The fourth-order valence-electron chi connectivity index (χ4n) is 3.37. The largest absolute Gasteiger partial charge is 0.374 e. The van der Waals surface area contributed by atoms with Gasteiger partial charge in [0.2, 0.25) is 0 Å². The molecule has 114 valence electrons. The highest BCUT2D eigenvalue weighted by Crippen LogP contribution is 2.36. The minimum atomic E-state index is -0.182. The molecule has 1 atom stereocenters. The molecule has 20 heavy (non-hydrogen) atoms. The monoisotopic (exact) mass is 299 g/mol. The van der Waals surface area contributed by atoms with Crippen molar-refractivity contribution in [3.8, 4) is 0 Å². The van der Waals surface area contributed by atoms with Gasteiger partial charge in [0.1, 0.15) is 5.15 Å². The summed E-state index contributed by atoms with van der Waals surface area (Å²) < 4.78 is 7.81. The number of aromatic nitrogens is 2. The van der Waals surface area contributed by atoms with Crippen molar-refractivity contribution in [2.45, 2.75) is 64.0 Å². The van der Waals surface area contributed by atoms with E-state index < -0.39 is 0 Å². The fourth-order valence-corrected chi connectivity index (χ4v) is 3.62. The second kappa shape index (κ2) is 6.46. The molecule has 1 aliphatic rings. The van der Waals surface area contributed by atoms with Gasteiger partial charge in [-0.1, -0.05) is 30.9 Å². The molecule has 1 unspecified atom stereocenters. The molecule has 0 spiro atoms. The molecule has 1 fully saturated rings. The molecule has 2 N–H and O–H groups in total. The van der Waals surface area contributed by atoms with Crippen molar-refractivity contribution in [2.75, 3.05) is 6.61 Å². The van der Waals surface area contributed by atoms with Crippen LogP contribution in [0.5, 0.6) is 0 Å². The summed E-state index contributed by atoms with van der Waals surface area (Å²) in [6.45, 7) is 4.75. The van der Waals surface area contributed by atoms with E-state index in [0.717, 1.165) is 30.5 Å². The maximum absolute atomic E-state index is 6.53. The number of nitrogens with zero attached hydrogens (tertiary/aromatic N) is 2. The Balaban J connectivity index is 2.17. The number of ether oxygens (including phenoxy) is 1. The van der Waals surface area contributed by atoms with Crippen molar-refractivity contribution >= 4 is 11.6 Å². The second-order valence-corrected chi connectivity index (χ2v) is 6.21. The van der Waals surface area contributed by atoms with E-state index in [9.17, 15) is 0 Å². The third-order valence-electron chi connectivity index (χ3n) is 4.50. The summed E-state index contributed by atoms with van der Waals surface area (Å²) in [5.74, 6) is 0. The molecule has 0 aliphatic heterocycles. The third kappa shape index (κ3) is 3.02. The van der Waals surface area contributed by atoms with Gasteiger partial charge in [0.25, 0.3) is 0 Å². The van der Waals surface area contributed by atoms with Gasteiger partial charge in [0.15, 0.2) is 0 Å². The Kier molecular flexibility index (Phi) is 5.10. The quantitative estimate of drug-likeness (QED) is 0.909. The van der Waals surface area contributed by atoms with Crippen LogP contribution in [0.25, 0.3) is 0 Å². The first-order valence-electron chi connectivity index (χ1n) is 7.57. The molecule has 2 rings (SSSR count). The van der Waals surface area contributed by atoms with Crippen molar-refractivity contribution in [2.24, 2.45) is 12.8 Å². The lowest BCUT2D eigenvalue weighted by Crippen LogP contribution is -2.52. The van der Waals surface area contributed by atoms with Crippen LogP contribution in [0.15, 0.2) is 0 Å². The summed E-state index contributed by atoms with van der Waals surface area (Å²) in [7, 11) is 1.86. The highest BCUT2D eigenvalue weighted by molar-refractivity contribution is 6.30. The van der Waals surface area contributed by atoms with E-state index in [1.54, 1.807) is 4.68 Å². The molecule has 1 aliphatic carbocycles. The average molecular weight is 300 g/mol. The molecular formula is C15H26ClN3O. The van der Waals surface area contributed by atoms with Crippen LogP contribution >= 0.6 is 11.6 Å². The number of hydrogen-bond acceptors (Lipinski definition) is 3. The number of nitrogens with two attached hydrogens (primary N) is 1. The van der Waals surface area contributed by atoms with E-state index in [-0.39, 0.29) is 11.6 Å². The zero-order chi connectivity index (χ0) is 14.8. The molecule has 1 aromatic heterocycles. The van der Waals surface area contributed by atoms with Crippen LogP contribution < -0.4 is 5.73 Å². The third-order valence-corrected chi connectivity index (χ3v) is 4.97. The zero-order valence-corrected chi connectivity index (χ0v) is 13.5. The van der Waals surface area contributed by atoms with Gasteiger partial charge in [0.05, 0.1) is 11.3 Å². The van der Waals surface area contributed by atoms with Crippen molar-refractivity contribution in [3.05, 3.63) is 16.4 Å². The Morgan fingerprint density at radius 3 is 2.55 bits per heavy atom. The number of halogens is 1. The molecule has 0 saturated heterocycles. The summed E-state index contributed by atoms with van der Waals surface area (Å²) in [5.41, 5.74) is 8.38. The molecule has 0 bridgehead atoms. The first-order chi connectivity index (χ1) is 9.50. The van der Waals surface area contributed by atoms with Crippen molar-refractivity contribution in [1.82, 2.24) is 9.78 Å². The van der Waals surface area contributed by atoms with Crippen LogP contribution in [0.4, 0.5) is 0 Å². The van der Waals surface area contributed by atoms with E-state index in [2.05, 4.69) is 5.10 Å². The maximum Gasteiger partial charge on any atom is 0.130 e. The second-order valence-electron chi connectivity index (χ2n) is 5.85. The summed E-state index contributed by atoms with van der Waals surface area (Å²) in [5, 5.41) is 5.06. The smallest absolute Gasteiger partial charge is 0.130 e. The van der Waals surface area contributed by atoms with Gasteiger partial charge in [-0.2, -0.15) is 5.10 Å². The van der Waals surface area contributed by atoms with Crippen LogP contribution in [0, 0.1) is 6.92 Å². The lowest BCUT2D eigenvalue weighted by atomic mass is 9.77. The van der Waals surface area contributed by atoms with Crippen LogP contribution in [0.1, 0.15) is 50.3 Å². The Labute approximate surface area is 126 Å². The number of aryl methyl sites for hydroxylation is 2. The Bertz CT molecular complexity index is 447. The van der Waals surface area contributed by atoms with Crippen molar-refractivity contribution in [1.29, 1.82) is 0 Å². The molecule has 1 heterocycles. The minimum Gasteiger partial charge on any atom is -0.374 e. The molecule has 0 aromatic carbocycles. The van der Waals surface area contributed by atoms with E-state index in [4.69, 9.17) is 22.1 Å². The lowest BCUT2D eigenvalue weighted by Gasteiger charge is -2.41. The minimum absolute atomic E-state index is 0.0249. The highest BCUT2D eigenvalue weighted by atomic mass is 35.5. The van der Waals surface area contributed by atoms with Gasteiger partial charge in [0, 0.05) is 25.3 Å². The predicted octanol–water partition coefficient (Wildman–Crippen LogP) is 2.99. The summed E-state index contributed by atoms with van der Waals surface area (Å²) in [6, 6.07) is -0.0249. The molecule has 1 saturated carbocycles. The van der Waals surface area contributed by atoms with Gasteiger partial charge in [-0.25, -0.2) is 0 Å². The van der Waals surface area contributed by atoms with Crippen LogP contribution in [0.3, 0.4) is 0 Å². The topological polar surface area (TPSA) is 53.1 Å².